The molecule has 3 aromatic rings. The highest BCUT2D eigenvalue weighted by atomic mass is 14.1. The van der Waals surface area contributed by atoms with Crippen molar-refractivity contribution in [2.75, 3.05) is 0 Å². The molecule has 0 amide bonds. The van der Waals surface area contributed by atoms with Crippen LogP contribution in [0.4, 0.5) is 0 Å². The molecule has 0 radical (unpaired) electrons. The Morgan fingerprint density at radius 2 is 1.07 bits per heavy atom. The van der Waals surface area contributed by atoms with Crippen molar-refractivity contribution in [3.63, 3.8) is 0 Å². The Morgan fingerprint density at radius 1 is 0.500 bits per heavy atom. The van der Waals surface area contributed by atoms with Gasteiger partial charge in [-0.1, -0.05) is 131 Å². The largest absolute Gasteiger partial charge is 0.0654 e. The van der Waals surface area contributed by atoms with Crippen LogP contribution in [-0.4, -0.2) is 0 Å². The van der Waals surface area contributed by atoms with Gasteiger partial charge in [0, 0.05) is 0 Å². The first-order chi connectivity index (χ1) is 13.9. The first-order valence-electron chi connectivity index (χ1n) is 11.1. The van der Waals surface area contributed by atoms with Crippen molar-refractivity contribution in [2.24, 2.45) is 0 Å². The van der Waals surface area contributed by atoms with E-state index in [4.69, 9.17) is 0 Å². The van der Waals surface area contributed by atoms with E-state index in [-0.39, 0.29) is 0 Å². The third-order valence-corrected chi connectivity index (χ3v) is 5.60. The summed E-state index contributed by atoms with van der Waals surface area (Å²) in [5.74, 6) is 0. The Morgan fingerprint density at radius 3 is 1.71 bits per heavy atom. The molecular weight excluding hydrogens is 336 g/mol. The van der Waals surface area contributed by atoms with E-state index in [1.54, 1.807) is 0 Å². The smallest absolute Gasteiger partial charge is 0.0151 e. The van der Waals surface area contributed by atoms with E-state index in [1.165, 1.54) is 85.6 Å². The van der Waals surface area contributed by atoms with E-state index in [9.17, 15) is 0 Å². The highest BCUT2D eigenvalue weighted by Crippen LogP contribution is 2.30. The van der Waals surface area contributed by atoms with Crippen molar-refractivity contribution in [1.29, 1.82) is 0 Å². The molecule has 3 rings (SSSR count). The Bertz CT molecular complexity index is 802. The summed E-state index contributed by atoms with van der Waals surface area (Å²) in [6.45, 7) is 2.29. The topological polar surface area (TPSA) is 0 Å². The molecular formula is C28H34. The van der Waals surface area contributed by atoms with Crippen molar-refractivity contribution >= 4 is 0 Å². The normalized spacial score (nSPS) is 10.9. The number of hydrogen-bond donors (Lipinski definition) is 0. The molecule has 0 unspecified atom stereocenters. The van der Waals surface area contributed by atoms with Crippen molar-refractivity contribution in [3.05, 3.63) is 84.4 Å². The van der Waals surface area contributed by atoms with Crippen molar-refractivity contribution in [3.8, 4) is 22.3 Å². The van der Waals surface area contributed by atoms with Gasteiger partial charge in [0.15, 0.2) is 0 Å². The zero-order chi connectivity index (χ0) is 19.4. The third-order valence-electron chi connectivity index (χ3n) is 5.60. The van der Waals surface area contributed by atoms with E-state index < -0.39 is 0 Å². The number of benzene rings is 3. The van der Waals surface area contributed by atoms with Crippen LogP contribution in [0.2, 0.25) is 0 Å². The molecule has 0 saturated carbocycles. The van der Waals surface area contributed by atoms with Crippen LogP contribution in [0.15, 0.2) is 78.9 Å². The molecule has 0 spiro atoms. The highest BCUT2D eigenvalue weighted by molar-refractivity contribution is 5.73. The number of aryl methyl sites for hydroxylation is 1. The average molecular weight is 371 g/mol. The maximum Gasteiger partial charge on any atom is -0.0151 e. The summed E-state index contributed by atoms with van der Waals surface area (Å²) in [6.07, 6.45) is 12.1. The lowest BCUT2D eigenvalue weighted by atomic mass is 9.92. The molecule has 0 heteroatoms. The molecule has 0 N–H and O–H groups in total. The summed E-state index contributed by atoms with van der Waals surface area (Å²) in [5.41, 5.74) is 6.84. The molecule has 0 saturated heterocycles. The van der Waals surface area contributed by atoms with Crippen LogP contribution in [0, 0.1) is 0 Å². The maximum atomic E-state index is 2.42. The number of unbranched alkanes of at least 4 members (excludes halogenated alkanes) is 7. The van der Waals surface area contributed by atoms with E-state index in [1.807, 2.05) is 0 Å². The van der Waals surface area contributed by atoms with Gasteiger partial charge in [-0.15, -0.1) is 0 Å². The van der Waals surface area contributed by atoms with Gasteiger partial charge < -0.3 is 0 Å². The summed E-state index contributed by atoms with van der Waals surface area (Å²) in [6, 6.07) is 28.6. The maximum absolute atomic E-state index is 2.42. The molecule has 146 valence electrons. The minimum atomic E-state index is 1.17. The molecule has 0 bridgehead atoms. The molecule has 0 aliphatic heterocycles. The lowest BCUT2D eigenvalue weighted by Crippen LogP contribution is -1.93. The predicted molar refractivity (Wildman–Crippen MR) is 124 cm³/mol. The SMILES string of the molecule is CCCCCCCCCCc1cc(-c2ccccc2)ccc1-c1ccccc1. The zero-order valence-corrected chi connectivity index (χ0v) is 17.4. The Balaban J connectivity index is 1.67. The van der Waals surface area contributed by atoms with Gasteiger partial charge >= 0.3 is 0 Å². The summed E-state index contributed by atoms with van der Waals surface area (Å²) in [5, 5.41) is 0. The van der Waals surface area contributed by atoms with Gasteiger partial charge in [-0.25, -0.2) is 0 Å². The lowest BCUT2D eigenvalue weighted by molar-refractivity contribution is 0.575. The van der Waals surface area contributed by atoms with Crippen LogP contribution < -0.4 is 0 Å². The third kappa shape index (κ3) is 6.09. The molecule has 0 aliphatic rings. The van der Waals surface area contributed by atoms with Gasteiger partial charge in [-0.05, 0) is 40.7 Å². The van der Waals surface area contributed by atoms with Gasteiger partial charge in [0.05, 0.1) is 0 Å². The van der Waals surface area contributed by atoms with Crippen molar-refractivity contribution in [1.82, 2.24) is 0 Å². The summed E-state index contributed by atoms with van der Waals surface area (Å²) >= 11 is 0. The fourth-order valence-corrected chi connectivity index (χ4v) is 3.96. The average Bonchev–Trinajstić information content (AvgIpc) is 2.77. The Kier molecular flexibility index (Phi) is 8.37. The molecule has 0 heterocycles. The summed E-state index contributed by atoms with van der Waals surface area (Å²) in [7, 11) is 0. The summed E-state index contributed by atoms with van der Waals surface area (Å²) < 4.78 is 0. The van der Waals surface area contributed by atoms with Crippen LogP contribution in [0.3, 0.4) is 0 Å². The van der Waals surface area contributed by atoms with Crippen molar-refractivity contribution in [2.45, 2.75) is 64.7 Å². The number of rotatable bonds is 11. The van der Waals surface area contributed by atoms with Gasteiger partial charge in [-0.3, -0.25) is 0 Å². The van der Waals surface area contributed by atoms with E-state index in [0.29, 0.717) is 0 Å². The van der Waals surface area contributed by atoms with Crippen molar-refractivity contribution < 1.29 is 0 Å². The zero-order valence-electron chi connectivity index (χ0n) is 17.4. The van der Waals surface area contributed by atoms with E-state index in [0.717, 1.165) is 0 Å². The first-order valence-corrected chi connectivity index (χ1v) is 11.1. The minimum Gasteiger partial charge on any atom is -0.0654 e. The van der Waals surface area contributed by atoms with Gasteiger partial charge in [0.1, 0.15) is 0 Å². The lowest BCUT2D eigenvalue weighted by Gasteiger charge is -2.13. The van der Waals surface area contributed by atoms with Crippen LogP contribution in [0.5, 0.6) is 0 Å². The van der Waals surface area contributed by atoms with Gasteiger partial charge in [-0.2, -0.15) is 0 Å². The molecule has 0 atom stereocenters. The highest BCUT2D eigenvalue weighted by Gasteiger charge is 2.08. The van der Waals surface area contributed by atoms with Crippen LogP contribution in [0.25, 0.3) is 22.3 Å². The minimum absolute atomic E-state index is 1.17. The first kappa shape index (κ1) is 20.4. The molecule has 28 heavy (non-hydrogen) atoms. The Hall–Kier alpha value is -2.34. The van der Waals surface area contributed by atoms with Gasteiger partial charge in [0.25, 0.3) is 0 Å². The van der Waals surface area contributed by atoms with Crippen LogP contribution in [-0.2, 0) is 6.42 Å². The van der Waals surface area contributed by atoms with E-state index in [2.05, 4.69) is 85.8 Å². The molecule has 3 aromatic carbocycles. The molecule has 0 fully saturated rings. The molecule has 0 aliphatic carbocycles. The van der Waals surface area contributed by atoms with Gasteiger partial charge in [0.2, 0.25) is 0 Å². The fourth-order valence-electron chi connectivity index (χ4n) is 3.96. The molecule has 0 nitrogen and oxygen atoms in total. The second kappa shape index (κ2) is 11.5. The number of hydrogen-bond acceptors (Lipinski definition) is 0. The quantitative estimate of drug-likeness (QED) is 0.296. The van der Waals surface area contributed by atoms with E-state index >= 15 is 0 Å². The fraction of sp³-hybridized carbons (Fsp3) is 0.357. The second-order valence-corrected chi connectivity index (χ2v) is 7.83. The Labute approximate surface area is 171 Å². The molecule has 0 aromatic heterocycles. The second-order valence-electron chi connectivity index (χ2n) is 7.83. The standard InChI is InChI=1S/C28H34/c1-2-3-4-5-6-7-8-11-20-27-23-26(24-16-12-9-13-17-24)21-22-28(27)25-18-14-10-15-19-25/h9-10,12-19,21-23H,2-8,11,20H2,1H3. The predicted octanol–water partition coefficient (Wildman–Crippen LogP) is 8.70. The van der Waals surface area contributed by atoms with Crippen LogP contribution in [0.1, 0.15) is 63.9 Å². The van der Waals surface area contributed by atoms with Crippen LogP contribution >= 0.6 is 0 Å². The monoisotopic (exact) mass is 370 g/mol. The summed E-state index contributed by atoms with van der Waals surface area (Å²) in [4.78, 5) is 0.